The Morgan fingerprint density at radius 3 is 1.83 bits per heavy atom. The Labute approximate surface area is 253 Å². The number of ether oxygens (including phenoxy) is 2. The van der Waals surface area contributed by atoms with Crippen molar-refractivity contribution in [3.63, 3.8) is 0 Å². The van der Waals surface area contributed by atoms with Gasteiger partial charge in [-0.25, -0.2) is 0 Å². The highest BCUT2D eigenvalue weighted by Crippen LogP contribution is 2.43. The Balaban J connectivity index is 1.63. The molecule has 1 fully saturated rings. The van der Waals surface area contributed by atoms with Crippen LogP contribution >= 0.6 is 0 Å². The first kappa shape index (κ1) is 33.2. The molecule has 42 heavy (non-hydrogen) atoms. The maximum atomic E-state index is 13.4. The maximum absolute atomic E-state index is 13.4. The van der Waals surface area contributed by atoms with E-state index >= 15 is 0 Å². The fourth-order valence-electron chi connectivity index (χ4n) is 5.82. The van der Waals surface area contributed by atoms with E-state index in [0.29, 0.717) is 29.2 Å². The second-order valence-corrected chi connectivity index (χ2v) is 11.6. The number of rotatable bonds is 19. The number of Topliss-reactive ketones (excluding diaryl/α,β-unsaturated/α-hetero) is 1. The molecule has 1 aliphatic heterocycles. The predicted molar refractivity (Wildman–Crippen MR) is 170 cm³/mol. The average Bonchev–Trinajstić information content (AvgIpc) is 3.25. The minimum absolute atomic E-state index is 0.0951. The molecule has 1 aliphatic rings. The summed E-state index contributed by atoms with van der Waals surface area (Å²) in [4.78, 5) is 28.3. The monoisotopic (exact) mass is 577 g/mol. The molecule has 0 bridgehead atoms. The molecule has 1 amide bonds. The number of aryl methyl sites for hydroxylation is 1. The standard InChI is InChI=1S/C36H51NO5/c1-5-6-7-8-9-10-11-12-13-14-15-16-17-18-25-37-33(30-24-23-29(41-3)26-31(30)42-4)32(35(39)36(37)40)34(38)28-21-19-27(2)20-22-28/h19-24,26,33,38H,5-18,25H2,1-4H3/b34-32+/t33-/m0/s1. The number of carbonyl (C=O) groups is 2. The number of nitrogens with zero attached hydrogens (tertiary/aromatic N) is 1. The third-order valence-electron chi connectivity index (χ3n) is 8.35. The maximum Gasteiger partial charge on any atom is 0.295 e. The van der Waals surface area contributed by atoms with Crippen molar-refractivity contribution < 1.29 is 24.2 Å². The fraction of sp³-hybridized carbons (Fsp3) is 0.556. The summed E-state index contributed by atoms with van der Waals surface area (Å²) in [5.74, 6) is -0.303. The topological polar surface area (TPSA) is 76.1 Å². The minimum Gasteiger partial charge on any atom is -0.507 e. The summed E-state index contributed by atoms with van der Waals surface area (Å²) in [6.07, 6.45) is 17.5. The van der Waals surface area contributed by atoms with Gasteiger partial charge >= 0.3 is 0 Å². The number of amides is 1. The normalized spacial score (nSPS) is 16.3. The number of aliphatic hydroxyl groups excluding tert-OH is 1. The van der Waals surface area contributed by atoms with Crippen LogP contribution in [0.4, 0.5) is 0 Å². The van der Waals surface area contributed by atoms with Gasteiger partial charge in [-0.05, 0) is 25.5 Å². The highest BCUT2D eigenvalue weighted by molar-refractivity contribution is 6.46. The molecule has 1 saturated heterocycles. The Kier molecular flexibility index (Phi) is 13.9. The molecule has 3 rings (SSSR count). The third kappa shape index (κ3) is 9.11. The number of likely N-dealkylation sites (tertiary alicyclic amines) is 1. The van der Waals surface area contributed by atoms with Gasteiger partial charge in [-0.15, -0.1) is 0 Å². The molecule has 0 unspecified atom stereocenters. The van der Waals surface area contributed by atoms with Gasteiger partial charge in [-0.3, -0.25) is 9.59 Å². The van der Waals surface area contributed by atoms with Gasteiger partial charge < -0.3 is 19.5 Å². The zero-order valence-electron chi connectivity index (χ0n) is 26.3. The van der Waals surface area contributed by atoms with Crippen LogP contribution in [0.3, 0.4) is 0 Å². The van der Waals surface area contributed by atoms with E-state index in [4.69, 9.17) is 9.47 Å². The van der Waals surface area contributed by atoms with Crippen LogP contribution in [0, 0.1) is 6.92 Å². The van der Waals surface area contributed by atoms with Crippen molar-refractivity contribution in [2.45, 2.75) is 110 Å². The second-order valence-electron chi connectivity index (χ2n) is 11.6. The van der Waals surface area contributed by atoms with E-state index in [1.807, 2.05) is 25.1 Å². The van der Waals surface area contributed by atoms with E-state index in [-0.39, 0.29) is 11.3 Å². The molecular formula is C36H51NO5. The fourth-order valence-corrected chi connectivity index (χ4v) is 5.82. The molecule has 1 heterocycles. The van der Waals surface area contributed by atoms with Crippen molar-refractivity contribution >= 4 is 17.4 Å². The molecule has 0 spiro atoms. The predicted octanol–water partition coefficient (Wildman–Crippen LogP) is 8.92. The van der Waals surface area contributed by atoms with Gasteiger partial charge in [0, 0.05) is 23.7 Å². The second kappa shape index (κ2) is 17.6. The van der Waals surface area contributed by atoms with Gasteiger partial charge in [-0.1, -0.05) is 120 Å². The molecular weight excluding hydrogens is 526 g/mol. The molecule has 2 aromatic carbocycles. The molecule has 6 heteroatoms. The lowest BCUT2D eigenvalue weighted by Gasteiger charge is -2.27. The number of methoxy groups -OCH3 is 2. The van der Waals surface area contributed by atoms with Gasteiger partial charge in [0.25, 0.3) is 11.7 Å². The number of aliphatic hydroxyl groups is 1. The number of benzene rings is 2. The first-order valence-corrected chi connectivity index (χ1v) is 16.0. The lowest BCUT2D eigenvalue weighted by atomic mass is 9.94. The first-order chi connectivity index (χ1) is 20.4. The van der Waals surface area contributed by atoms with E-state index in [0.717, 1.165) is 24.8 Å². The first-order valence-electron chi connectivity index (χ1n) is 16.0. The summed E-state index contributed by atoms with van der Waals surface area (Å²) >= 11 is 0. The molecule has 1 atom stereocenters. The number of hydrogen-bond acceptors (Lipinski definition) is 5. The zero-order chi connectivity index (χ0) is 30.3. The van der Waals surface area contributed by atoms with E-state index in [9.17, 15) is 14.7 Å². The number of hydrogen-bond donors (Lipinski definition) is 1. The van der Waals surface area contributed by atoms with Gasteiger partial charge in [0.1, 0.15) is 17.3 Å². The van der Waals surface area contributed by atoms with Gasteiger partial charge in [0.2, 0.25) is 0 Å². The van der Waals surface area contributed by atoms with Crippen LogP contribution in [0.5, 0.6) is 11.5 Å². The Morgan fingerprint density at radius 1 is 0.762 bits per heavy atom. The molecule has 0 saturated carbocycles. The molecule has 2 aromatic rings. The van der Waals surface area contributed by atoms with Crippen molar-refractivity contribution in [1.29, 1.82) is 0 Å². The molecule has 0 aliphatic carbocycles. The zero-order valence-corrected chi connectivity index (χ0v) is 26.3. The molecule has 0 radical (unpaired) electrons. The van der Waals surface area contributed by atoms with Crippen LogP contribution in [-0.4, -0.2) is 42.5 Å². The van der Waals surface area contributed by atoms with Gasteiger partial charge in [-0.2, -0.15) is 0 Å². The Bertz CT molecular complexity index is 1170. The summed E-state index contributed by atoms with van der Waals surface area (Å²) in [7, 11) is 3.13. The Morgan fingerprint density at radius 2 is 1.31 bits per heavy atom. The summed E-state index contributed by atoms with van der Waals surface area (Å²) in [5, 5.41) is 11.3. The van der Waals surface area contributed by atoms with Crippen LogP contribution in [0.1, 0.15) is 120 Å². The SMILES string of the molecule is CCCCCCCCCCCCCCCCN1C(=O)C(=O)/C(=C(/O)c2ccc(C)cc2)[C@@H]1c1ccc(OC)cc1OC. The summed E-state index contributed by atoms with van der Waals surface area (Å²) in [5.41, 5.74) is 2.29. The Hall–Kier alpha value is -3.28. The van der Waals surface area contributed by atoms with E-state index in [2.05, 4.69) is 6.92 Å². The van der Waals surface area contributed by atoms with E-state index in [1.54, 1.807) is 43.4 Å². The quantitative estimate of drug-likeness (QED) is 0.0781. The third-order valence-corrected chi connectivity index (χ3v) is 8.35. The highest BCUT2D eigenvalue weighted by Gasteiger charge is 2.46. The van der Waals surface area contributed by atoms with Crippen LogP contribution in [0.2, 0.25) is 0 Å². The largest absolute Gasteiger partial charge is 0.507 e. The number of carbonyl (C=O) groups excluding carboxylic acids is 2. The number of unbranched alkanes of at least 4 members (excludes halogenated alkanes) is 13. The molecule has 230 valence electrons. The van der Waals surface area contributed by atoms with Crippen molar-refractivity contribution in [2.24, 2.45) is 0 Å². The van der Waals surface area contributed by atoms with Crippen LogP contribution in [0.25, 0.3) is 5.76 Å². The summed E-state index contributed by atoms with van der Waals surface area (Å²) < 4.78 is 11.0. The van der Waals surface area contributed by atoms with Crippen molar-refractivity contribution in [3.8, 4) is 11.5 Å². The lowest BCUT2D eigenvalue weighted by Crippen LogP contribution is -2.31. The van der Waals surface area contributed by atoms with E-state index < -0.39 is 17.7 Å². The van der Waals surface area contributed by atoms with Crippen LogP contribution < -0.4 is 9.47 Å². The molecule has 6 nitrogen and oxygen atoms in total. The summed E-state index contributed by atoms with van der Waals surface area (Å²) in [6.45, 7) is 4.66. The average molecular weight is 578 g/mol. The molecule has 1 N–H and O–H groups in total. The van der Waals surface area contributed by atoms with E-state index in [1.165, 1.54) is 70.6 Å². The highest BCUT2D eigenvalue weighted by atomic mass is 16.5. The molecule has 0 aromatic heterocycles. The van der Waals surface area contributed by atoms with Crippen molar-refractivity contribution in [3.05, 3.63) is 64.7 Å². The number of ketones is 1. The van der Waals surface area contributed by atoms with Crippen molar-refractivity contribution in [2.75, 3.05) is 20.8 Å². The lowest BCUT2D eigenvalue weighted by molar-refractivity contribution is -0.139. The van der Waals surface area contributed by atoms with Gasteiger partial charge in [0.05, 0.1) is 25.8 Å². The van der Waals surface area contributed by atoms with Gasteiger partial charge in [0.15, 0.2) is 0 Å². The van der Waals surface area contributed by atoms with Crippen LogP contribution in [0.15, 0.2) is 48.0 Å². The smallest absolute Gasteiger partial charge is 0.295 e. The minimum atomic E-state index is -0.742. The van der Waals surface area contributed by atoms with Crippen molar-refractivity contribution in [1.82, 2.24) is 4.90 Å². The summed E-state index contributed by atoms with van der Waals surface area (Å²) in [6, 6.07) is 11.9. The van der Waals surface area contributed by atoms with Crippen LogP contribution in [-0.2, 0) is 9.59 Å².